The van der Waals surface area contributed by atoms with E-state index in [1.165, 1.54) is 0 Å². The summed E-state index contributed by atoms with van der Waals surface area (Å²) in [5.74, 6) is 0.0380. The Morgan fingerprint density at radius 3 is 2.86 bits per heavy atom. The summed E-state index contributed by atoms with van der Waals surface area (Å²) in [7, 11) is 0. The molecule has 1 fully saturated rings. The molecule has 0 spiro atoms. The zero-order valence-electron chi connectivity index (χ0n) is 12.5. The number of aromatic nitrogens is 1. The summed E-state index contributed by atoms with van der Waals surface area (Å²) in [5.41, 5.74) is 2.80. The first kappa shape index (κ1) is 14.6. The lowest BCUT2D eigenvalue weighted by molar-refractivity contribution is 0.00679. The fraction of sp³-hybridized carbons (Fsp3) is 0.667. The molecule has 0 unspecified atom stereocenters. The van der Waals surface area contributed by atoms with E-state index >= 15 is 0 Å². The predicted octanol–water partition coefficient (Wildman–Crippen LogP) is 0.0145. The van der Waals surface area contributed by atoms with Gasteiger partial charge in [-0.05, 0) is 12.5 Å². The lowest BCUT2D eigenvalue weighted by atomic mass is 10.0. The van der Waals surface area contributed by atoms with Crippen molar-refractivity contribution in [2.45, 2.75) is 19.4 Å². The third kappa shape index (κ3) is 3.12. The molecule has 6 heteroatoms. The molecule has 1 atom stereocenters. The number of hydrogen-bond donors (Lipinski definition) is 2. The van der Waals surface area contributed by atoms with Gasteiger partial charge in [-0.2, -0.15) is 0 Å². The first-order valence-corrected chi connectivity index (χ1v) is 7.59. The molecule has 2 aliphatic rings. The minimum atomic E-state index is -0.507. The number of ether oxygens (including phenoxy) is 1. The average Bonchev–Trinajstić information content (AvgIpc) is 2.85. The Labute approximate surface area is 124 Å². The second-order valence-corrected chi connectivity index (χ2v) is 5.89. The summed E-state index contributed by atoms with van der Waals surface area (Å²) in [6.45, 7) is 6.78. The summed E-state index contributed by atoms with van der Waals surface area (Å²) >= 11 is 0. The highest BCUT2D eigenvalue weighted by molar-refractivity contribution is 5.97. The van der Waals surface area contributed by atoms with Gasteiger partial charge in [0, 0.05) is 51.0 Å². The van der Waals surface area contributed by atoms with Crippen molar-refractivity contribution < 1.29 is 14.6 Å². The third-order valence-corrected chi connectivity index (χ3v) is 4.30. The van der Waals surface area contributed by atoms with Gasteiger partial charge in [0.05, 0.1) is 24.9 Å². The topological polar surface area (TPSA) is 68.8 Å². The Kier molecular flexibility index (Phi) is 4.28. The van der Waals surface area contributed by atoms with Gasteiger partial charge >= 0.3 is 0 Å². The van der Waals surface area contributed by atoms with Gasteiger partial charge in [-0.3, -0.25) is 9.69 Å². The van der Waals surface area contributed by atoms with E-state index < -0.39 is 6.10 Å². The first-order chi connectivity index (χ1) is 10.1. The van der Waals surface area contributed by atoms with E-state index in [0.29, 0.717) is 19.6 Å². The number of nitrogens with one attached hydrogen (secondary N) is 1. The summed E-state index contributed by atoms with van der Waals surface area (Å²) in [6, 6.07) is 0. The number of aryl methyl sites for hydroxylation is 1. The second kappa shape index (κ2) is 6.17. The minimum absolute atomic E-state index is 0.0380. The van der Waals surface area contributed by atoms with Crippen molar-refractivity contribution in [1.82, 2.24) is 14.8 Å². The number of morpholine rings is 1. The normalized spacial score (nSPS) is 21.4. The summed E-state index contributed by atoms with van der Waals surface area (Å²) in [4.78, 5) is 19.6. The van der Waals surface area contributed by atoms with E-state index in [2.05, 4.69) is 9.88 Å². The summed E-state index contributed by atoms with van der Waals surface area (Å²) in [5, 5.41) is 10.3. The van der Waals surface area contributed by atoms with Gasteiger partial charge in [0.2, 0.25) is 0 Å². The molecular weight excluding hydrogens is 270 g/mol. The van der Waals surface area contributed by atoms with Gasteiger partial charge in [-0.25, -0.2) is 0 Å². The molecule has 6 nitrogen and oxygen atoms in total. The number of fused-ring (bicyclic) bond motifs is 1. The number of aliphatic hydroxyl groups excluding tert-OH is 1. The molecule has 1 saturated heterocycles. The molecule has 1 amide bonds. The van der Waals surface area contributed by atoms with Crippen LogP contribution in [-0.4, -0.2) is 77.8 Å². The average molecular weight is 293 g/mol. The Morgan fingerprint density at radius 1 is 1.33 bits per heavy atom. The van der Waals surface area contributed by atoms with Crippen LogP contribution >= 0.6 is 0 Å². The zero-order valence-corrected chi connectivity index (χ0v) is 12.5. The van der Waals surface area contributed by atoms with E-state index in [-0.39, 0.29) is 5.91 Å². The number of carbonyl (C=O) groups is 1. The highest BCUT2D eigenvalue weighted by Gasteiger charge is 2.29. The second-order valence-electron chi connectivity index (χ2n) is 5.89. The fourth-order valence-electron chi connectivity index (χ4n) is 3.15. The zero-order chi connectivity index (χ0) is 14.8. The number of rotatable bonds is 4. The van der Waals surface area contributed by atoms with Crippen LogP contribution in [0.15, 0.2) is 6.20 Å². The Balaban J connectivity index is 1.58. The van der Waals surface area contributed by atoms with Crippen molar-refractivity contribution in [2.75, 3.05) is 45.9 Å². The molecule has 0 bridgehead atoms. The van der Waals surface area contributed by atoms with Crippen LogP contribution in [0.25, 0.3) is 0 Å². The van der Waals surface area contributed by atoms with E-state index in [9.17, 15) is 9.90 Å². The number of carbonyl (C=O) groups excluding carboxylic acids is 1. The van der Waals surface area contributed by atoms with Crippen LogP contribution < -0.4 is 0 Å². The molecule has 3 heterocycles. The van der Waals surface area contributed by atoms with Crippen molar-refractivity contribution in [3.05, 3.63) is 23.0 Å². The van der Waals surface area contributed by atoms with Gasteiger partial charge in [-0.1, -0.05) is 0 Å². The van der Waals surface area contributed by atoms with Crippen LogP contribution in [0.2, 0.25) is 0 Å². The monoisotopic (exact) mass is 293 g/mol. The van der Waals surface area contributed by atoms with Crippen LogP contribution in [0.1, 0.15) is 21.6 Å². The fourth-order valence-corrected chi connectivity index (χ4v) is 3.15. The Hall–Kier alpha value is -1.37. The smallest absolute Gasteiger partial charge is 0.256 e. The van der Waals surface area contributed by atoms with Gasteiger partial charge in [0.15, 0.2) is 0 Å². The molecule has 3 rings (SSSR count). The number of aliphatic hydroxyl groups is 1. The van der Waals surface area contributed by atoms with Gasteiger partial charge in [-0.15, -0.1) is 0 Å². The van der Waals surface area contributed by atoms with Gasteiger partial charge in [0.1, 0.15) is 0 Å². The molecule has 2 N–H and O–H groups in total. The maximum absolute atomic E-state index is 12.5. The third-order valence-electron chi connectivity index (χ3n) is 4.30. The lowest BCUT2D eigenvalue weighted by Gasteiger charge is -2.32. The molecular formula is C15H23N3O3. The molecule has 1 aromatic rings. The number of H-pyrrole nitrogens is 1. The number of β-amino-alcohol motifs (C(OH)–C–C–N with tert-alkyl or cyclic N) is 1. The molecule has 1 aromatic heterocycles. The molecule has 2 aliphatic heterocycles. The molecule has 0 aromatic carbocycles. The van der Waals surface area contributed by atoms with Crippen molar-refractivity contribution in [2.24, 2.45) is 0 Å². The quantitative estimate of drug-likeness (QED) is 0.821. The molecule has 0 saturated carbocycles. The molecule has 0 radical (unpaired) electrons. The van der Waals surface area contributed by atoms with Gasteiger partial charge in [0.25, 0.3) is 5.91 Å². The van der Waals surface area contributed by atoms with Crippen LogP contribution in [0.3, 0.4) is 0 Å². The first-order valence-electron chi connectivity index (χ1n) is 7.59. The predicted molar refractivity (Wildman–Crippen MR) is 78.4 cm³/mol. The maximum Gasteiger partial charge on any atom is 0.256 e. The highest BCUT2D eigenvalue weighted by atomic mass is 16.5. The minimum Gasteiger partial charge on any atom is -0.390 e. The Morgan fingerprint density at radius 2 is 2.10 bits per heavy atom. The van der Waals surface area contributed by atoms with Crippen molar-refractivity contribution >= 4 is 5.91 Å². The molecule has 0 aliphatic carbocycles. The highest BCUT2D eigenvalue weighted by Crippen LogP contribution is 2.21. The largest absolute Gasteiger partial charge is 0.390 e. The van der Waals surface area contributed by atoms with E-state index in [1.54, 1.807) is 4.90 Å². The Bertz CT molecular complexity index is 508. The van der Waals surface area contributed by atoms with Crippen molar-refractivity contribution in [3.8, 4) is 0 Å². The molecule has 21 heavy (non-hydrogen) atoms. The van der Waals surface area contributed by atoms with E-state index in [0.717, 1.165) is 49.5 Å². The summed E-state index contributed by atoms with van der Waals surface area (Å²) in [6.07, 6.45) is 2.21. The lowest BCUT2D eigenvalue weighted by Crippen LogP contribution is -2.47. The van der Waals surface area contributed by atoms with Crippen LogP contribution in [0.5, 0.6) is 0 Å². The number of amides is 1. The van der Waals surface area contributed by atoms with Crippen LogP contribution in [-0.2, 0) is 11.2 Å². The SMILES string of the molecule is Cc1c[nH]c2c1C(=O)N(C[C@@H](O)CN1CCOCC1)CC2. The van der Waals surface area contributed by atoms with E-state index in [1.807, 2.05) is 13.1 Å². The number of aromatic amines is 1. The van der Waals surface area contributed by atoms with Crippen molar-refractivity contribution in [1.29, 1.82) is 0 Å². The van der Waals surface area contributed by atoms with Gasteiger partial charge < -0.3 is 19.7 Å². The van der Waals surface area contributed by atoms with Crippen molar-refractivity contribution in [3.63, 3.8) is 0 Å². The maximum atomic E-state index is 12.5. The van der Waals surface area contributed by atoms with Crippen LogP contribution in [0, 0.1) is 6.92 Å². The molecule has 116 valence electrons. The number of nitrogens with zero attached hydrogens (tertiary/aromatic N) is 2. The number of hydrogen-bond acceptors (Lipinski definition) is 4. The summed E-state index contributed by atoms with van der Waals surface area (Å²) < 4.78 is 5.30. The standard InChI is InChI=1S/C15H23N3O3/c1-11-8-16-13-2-3-18(15(20)14(11)13)10-12(19)9-17-4-6-21-7-5-17/h8,12,16,19H,2-7,9-10H2,1H3/t12-/m0/s1. The van der Waals surface area contributed by atoms with Crippen LogP contribution in [0.4, 0.5) is 0 Å². The van der Waals surface area contributed by atoms with E-state index in [4.69, 9.17) is 4.74 Å².